The van der Waals surface area contributed by atoms with Crippen LogP contribution < -0.4 is 5.32 Å². The Morgan fingerprint density at radius 3 is 2.61 bits per heavy atom. The normalized spacial score (nSPS) is 23.2. The van der Waals surface area contributed by atoms with Gasteiger partial charge in [-0.1, -0.05) is 6.92 Å². The first-order valence-electron chi connectivity index (χ1n) is 6.75. The third-order valence-electron chi connectivity index (χ3n) is 3.67. The van der Waals surface area contributed by atoms with Crippen molar-refractivity contribution in [1.29, 1.82) is 0 Å². The van der Waals surface area contributed by atoms with Gasteiger partial charge in [0.05, 0.1) is 26.9 Å². The molecule has 1 saturated heterocycles. The SMILES string of the molecule is CCCNC(COC1COC1)(C(=O)OC)C1CC1. The van der Waals surface area contributed by atoms with Gasteiger partial charge in [0.15, 0.2) is 0 Å². The van der Waals surface area contributed by atoms with Crippen molar-refractivity contribution in [3.63, 3.8) is 0 Å². The van der Waals surface area contributed by atoms with E-state index in [-0.39, 0.29) is 12.1 Å². The van der Waals surface area contributed by atoms with E-state index in [9.17, 15) is 4.79 Å². The van der Waals surface area contributed by atoms with Crippen LogP contribution in [0.15, 0.2) is 0 Å². The molecule has 0 aromatic rings. The maximum Gasteiger partial charge on any atom is 0.328 e. The lowest BCUT2D eigenvalue weighted by Crippen LogP contribution is -2.59. The van der Waals surface area contributed by atoms with Gasteiger partial charge in [-0.25, -0.2) is 4.79 Å². The fourth-order valence-corrected chi connectivity index (χ4v) is 2.28. The van der Waals surface area contributed by atoms with Crippen molar-refractivity contribution < 1.29 is 19.0 Å². The minimum atomic E-state index is -0.652. The Morgan fingerprint density at radius 2 is 2.17 bits per heavy atom. The van der Waals surface area contributed by atoms with Crippen LogP contribution >= 0.6 is 0 Å². The average Bonchev–Trinajstić information content (AvgIpc) is 3.15. The molecule has 1 saturated carbocycles. The molecule has 1 heterocycles. The fraction of sp³-hybridized carbons (Fsp3) is 0.923. The van der Waals surface area contributed by atoms with E-state index in [0.29, 0.717) is 25.7 Å². The molecular weight excluding hydrogens is 234 g/mol. The standard InChI is InChI=1S/C13H23NO4/c1-3-6-14-13(10-4-5-10,12(15)16-2)9-18-11-7-17-8-11/h10-11,14H,3-9H2,1-2H3. The molecule has 104 valence electrons. The van der Waals surface area contributed by atoms with Crippen molar-refractivity contribution in [3.05, 3.63) is 0 Å². The quantitative estimate of drug-likeness (QED) is 0.649. The van der Waals surface area contributed by atoms with Gasteiger partial charge in [-0.2, -0.15) is 0 Å². The maximum absolute atomic E-state index is 12.1. The number of hydrogen-bond acceptors (Lipinski definition) is 5. The van der Waals surface area contributed by atoms with Crippen molar-refractivity contribution in [3.8, 4) is 0 Å². The Hall–Kier alpha value is -0.650. The topological polar surface area (TPSA) is 56.8 Å². The van der Waals surface area contributed by atoms with Crippen molar-refractivity contribution in [2.45, 2.75) is 37.8 Å². The Labute approximate surface area is 108 Å². The number of ether oxygens (including phenoxy) is 3. The largest absolute Gasteiger partial charge is 0.468 e. The predicted octanol–water partition coefficient (Wildman–Crippen LogP) is 0.723. The molecule has 1 aliphatic carbocycles. The molecule has 0 spiro atoms. The van der Waals surface area contributed by atoms with Crippen LogP contribution in [0.4, 0.5) is 0 Å². The lowest BCUT2D eigenvalue weighted by atomic mass is 9.93. The summed E-state index contributed by atoms with van der Waals surface area (Å²) in [5.74, 6) is 0.149. The number of rotatable bonds is 8. The van der Waals surface area contributed by atoms with Gasteiger partial charge in [0.2, 0.25) is 0 Å². The summed E-state index contributed by atoms with van der Waals surface area (Å²) >= 11 is 0. The minimum Gasteiger partial charge on any atom is -0.468 e. The van der Waals surface area contributed by atoms with Gasteiger partial charge in [-0.3, -0.25) is 5.32 Å². The van der Waals surface area contributed by atoms with Crippen molar-refractivity contribution in [1.82, 2.24) is 5.32 Å². The van der Waals surface area contributed by atoms with E-state index in [0.717, 1.165) is 25.8 Å². The fourth-order valence-electron chi connectivity index (χ4n) is 2.28. The highest BCUT2D eigenvalue weighted by molar-refractivity contribution is 5.82. The molecule has 5 heteroatoms. The summed E-state index contributed by atoms with van der Waals surface area (Å²) in [7, 11) is 1.44. The van der Waals surface area contributed by atoms with E-state index in [1.165, 1.54) is 7.11 Å². The smallest absolute Gasteiger partial charge is 0.328 e. The summed E-state index contributed by atoms with van der Waals surface area (Å²) in [6, 6.07) is 0. The van der Waals surface area contributed by atoms with E-state index >= 15 is 0 Å². The number of esters is 1. The molecule has 1 N–H and O–H groups in total. The van der Waals surface area contributed by atoms with Gasteiger partial charge < -0.3 is 14.2 Å². The molecule has 2 rings (SSSR count). The third kappa shape index (κ3) is 2.84. The van der Waals surface area contributed by atoms with Gasteiger partial charge in [-0.15, -0.1) is 0 Å². The molecule has 0 aromatic carbocycles. The Kier molecular flexibility index (Phi) is 4.59. The highest BCUT2D eigenvalue weighted by Crippen LogP contribution is 2.41. The molecule has 2 aliphatic rings. The van der Waals surface area contributed by atoms with E-state index in [4.69, 9.17) is 14.2 Å². The number of nitrogens with one attached hydrogen (secondary N) is 1. The summed E-state index contributed by atoms with van der Waals surface area (Å²) in [5.41, 5.74) is -0.652. The molecule has 1 atom stereocenters. The molecule has 1 unspecified atom stereocenters. The number of methoxy groups -OCH3 is 1. The first kappa shape index (κ1) is 13.8. The predicted molar refractivity (Wildman–Crippen MR) is 66.3 cm³/mol. The van der Waals surface area contributed by atoms with Gasteiger partial charge in [0, 0.05) is 0 Å². The zero-order valence-electron chi connectivity index (χ0n) is 11.2. The van der Waals surface area contributed by atoms with Crippen LogP contribution in [0, 0.1) is 5.92 Å². The monoisotopic (exact) mass is 257 g/mol. The average molecular weight is 257 g/mol. The summed E-state index contributed by atoms with van der Waals surface area (Å²) in [5, 5.41) is 3.36. The molecular formula is C13H23NO4. The highest BCUT2D eigenvalue weighted by Gasteiger charge is 2.52. The zero-order chi connectivity index (χ0) is 13.0. The Balaban J connectivity index is 1.99. The van der Waals surface area contributed by atoms with E-state index < -0.39 is 5.54 Å². The molecule has 2 fully saturated rings. The van der Waals surface area contributed by atoms with Crippen LogP contribution in [0.2, 0.25) is 0 Å². The third-order valence-corrected chi connectivity index (χ3v) is 3.67. The number of carbonyl (C=O) groups is 1. The van der Waals surface area contributed by atoms with E-state index in [1.54, 1.807) is 0 Å². The maximum atomic E-state index is 12.1. The molecule has 0 radical (unpaired) electrons. The van der Waals surface area contributed by atoms with Gasteiger partial charge in [-0.05, 0) is 31.7 Å². The van der Waals surface area contributed by atoms with Crippen LogP contribution in [0.5, 0.6) is 0 Å². The van der Waals surface area contributed by atoms with E-state index in [1.807, 2.05) is 0 Å². The van der Waals surface area contributed by atoms with Gasteiger partial charge in [0.25, 0.3) is 0 Å². The molecule has 0 amide bonds. The molecule has 5 nitrogen and oxygen atoms in total. The number of carbonyl (C=O) groups excluding carboxylic acids is 1. The van der Waals surface area contributed by atoms with Crippen molar-refractivity contribution >= 4 is 5.97 Å². The van der Waals surface area contributed by atoms with E-state index in [2.05, 4.69) is 12.2 Å². The lowest BCUT2D eigenvalue weighted by molar-refractivity contribution is -0.166. The first-order chi connectivity index (χ1) is 8.73. The summed E-state index contributed by atoms with van der Waals surface area (Å²) in [6.45, 7) is 4.54. The summed E-state index contributed by atoms with van der Waals surface area (Å²) in [4.78, 5) is 12.1. The zero-order valence-corrected chi connectivity index (χ0v) is 11.2. The van der Waals surface area contributed by atoms with Crippen LogP contribution in [0.3, 0.4) is 0 Å². The Morgan fingerprint density at radius 1 is 1.44 bits per heavy atom. The van der Waals surface area contributed by atoms with Gasteiger partial charge in [0.1, 0.15) is 11.6 Å². The molecule has 18 heavy (non-hydrogen) atoms. The van der Waals surface area contributed by atoms with Crippen molar-refractivity contribution in [2.75, 3.05) is 33.5 Å². The second-order valence-corrected chi connectivity index (χ2v) is 5.13. The second-order valence-electron chi connectivity index (χ2n) is 5.13. The summed E-state index contributed by atoms with van der Waals surface area (Å²) < 4.78 is 15.8. The van der Waals surface area contributed by atoms with Crippen LogP contribution in [-0.4, -0.2) is 51.1 Å². The first-order valence-corrected chi connectivity index (χ1v) is 6.75. The van der Waals surface area contributed by atoms with Crippen LogP contribution in [0.1, 0.15) is 26.2 Å². The molecule has 0 aromatic heterocycles. The van der Waals surface area contributed by atoms with Crippen molar-refractivity contribution in [2.24, 2.45) is 5.92 Å². The van der Waals surface area contributed by atoms with Gasteiger partial charge >= 0.3 is 5.97 Å². The lowest BCUT2D eigenvalue weighted by Gasteiger charge is -2.35. The highest BCUT2D eigenvalue weighted by atomic mass is 16.6. The molecule has 1 aliphatic heterocycles. The Bertz CT molecular complexity index is 289. The minimum absolute atomic E-state index is 0.135. The second kappa shape index (κ2) is 5.99. The van der Waals surface area contributed by atoms with Crippen LogP contribution in [0.25, 0.3) is 0 Å². The molecule has 0 bridgehead atoms. The number of hydrogen-bond donors (Lipinski definition) is 1. The summed E-state index contributed by atoms with van der Waals surface area (Å²) in [6.07, 6.45) is 3.25. The van der Waals surface area contributed by atoms with Crippen LogP contribution in [-0.2, 0) is 19.0 Å².